The maximum Gasteiger partial charge on any atom is 0.242 e. The van der Waals surface area contributed by atoms with Crippen molar-refractivity contribution < 1.29 is 13.6 Å². The number of halogens is 4. The molecule has 4 rings (SSSR count). The number of hydrogen-bond donors (Lipinski definition) is 3. The van der Waals surface area contributed by atoms with Gasteiger partial charge in [-0.1, -0.05) is 74.3 Å². The van der Waals surface area contributed by atoms with Gasteiger partial charge in [0.1, 0.15) is 11.6 Å². The summed E-state index contributed by atoms with van der Waals surface area (Å²) in [4.78, 5) is 16.1. The van der Waals surface area contributed by atoms with Crippen molar-refractivity contribution in [1.82, 2.24) is 10.2 Å². The van der Waals surface area contributed by atoms with Crippen molar-refractivity contribution >= 4 is 34.8 Å². The van der Waals surface area contributed by atoms with E-state index in [2.05, 4.69) is 15.5 Å². The molecule has 1 amide bonds. The molecule has 0 saturated carbocycles. The van der Waals surface area contributed by atoms with Crippen molar-refractivity contribution in [3.63, 3.8) is 0 Å². The molecule has 3 aromatic carbocycles. The third-order valence-electron chi connectivity index (χ3n) is 7.69. The molecule has 1 saturated heterocycles. The van der Waals surface area contributed by atoms with Gasteiger partial charge in [-0.25, -0.2) is 8.78 Å². The van der Waals surface area contributed by atoms with Crippen LogP contribution in [0.25, 0.3) is 0 Å². The number of hydrogen-bond acceptors (Lipinski definition) is 4. The summed E-state index contributed by atoms with van der Waals surface area (Å²) < 4.78 is 31.3. The fourth-order valence-electron chi connectivity index (χ4n) is 5.73. The molecule has 9 heteroatoms. The molecule has 1 aliphatic heterocycles. The van der Waals surface area contributed by atoms with Gasteiger partial charge in [-0.05, 0) is 73.8 Å². The first-order chi connectivity index (χ1) is 19.2. The van der Waals surface area contributed by atoms with Crippen LogP contribution in [-0.4, -0.2) is 43.5 Å². The van der Waals surface area contributed by atoms with Gasteiger partial charge in [-0.15, -0.1) is 0 Å². The molecular formula is C32H38Cl2F2N4O. The summed E-state index contributed by atoms with van der Waals surface area (Å²) in [6.45, 7) is 7.01. The minimum atomic E-state index is -1.52. The predicted molar refractivity (Wildman–Crippen MR) is 164 cm³/mol. The summed E-state index contributed by atoms with van der Waals surface area (Å²) in [5.41, 5.74) is 7.48. The molecule has 0 radical (unpaired) electrons. The highest BCUT2D eigenvalue weighted by Crippen LogP contribution is 2.50. The van der Waals surface area contributed by atoms with E-state index in [-0.39, 0.29) is 26.6 Å². The molecule has 0 spiro atoms. The molecule has 4 unspecified atom stereocenters. The fourth-order valence-corrected chi connectivity index (χ4v) is 6.07. The smallest absolute Gasteiger partial charge is 0.242 e. The second kappa shape index (κ2) is 12.4. The molecule has 4 N–H and O–H groups in total. The number of nitrogens with zero attached hydrogens (tertiary/aromatic N) is 1. The SMILES string of the molecule is CN(C)CCc1ccc(NC(=O)C2NC(CC(C)(C)C)C(N)(c3ccc(Cl)cc3F)C2c2cccc(Cl)c2F)cc1. The monoisotopic (exact) mass is 602 g/mol. The van der Waals surface area contributed by atoms with Gasteiger partial charge in [0.25, 0.3) is 0 Å². The quantitative estimate of drug-likeness (QED) is 0.267. The Hall–Kier alpha value is -2.55. The molecule has 1 aliphatic rings. The number of carbonyl (C=O) groups is 1. The highest BCUT2D eigenvalue weighted by atomic mass is 35.5. The number of likely N-dealkylation sites (N-methyl/N-ethyl adjacent to an activating group) is 1. The zero-order chi connectivity index (χ0) is 30.1. The minimum absolute atomic E-state index is 0.104. The topological polar surface area (TPSA) is 70.4 Å². The van der Waals surface area contributed by atoms with E-state index in [1.807, 2.05) is 59.1 Å². The van der Waals surface area contributed by atoms with Crippen molar-refractivity contribution in [1.29, 1.82) is 0 Å². The van der Waals surface area contributed by atoms with Crippen LogP contribution in [0.4, 0.5) is 14.5 Å². The Morgan fingerprint density at radius 2 is 1.76 bits per heavy atom. The summed E-state index contributed by atoms with van der Waals surface area (Å²) in [6.07, 6.45) is 1.35. The van der Waals surface area contributed by atoms with Gasteiger partial charge in [-0.2, -0.15) is 0 Å². The zero-order valence-electron chi connectivity index (χ0n) is 24.1. The Labute approximate surface area is 251 Å². The van der Waals surface area contributed by atoms with Gasteiger partial charge < -0.3 is 21.3 Å². The van der Waals surface area contributed by atoms with Crippen LogP contribution in [0.5, 0.6) is 0 Å². The predicted octanol–water partition coefficient (Wildman–Crippen LogP) is 6.73. The van der Waals surface area contributed by atoms with Gasteiger partial charge in [0.15, 0.2) is 0 Å². The summed E-state index contributed by atoms with van der Waals surface area (Å²) in [5.74, 6) is -2.72. The maximum atomic E-state index is 15.7. The number of benzene rings is 3. The Morgan fingerprint density at radius 3 is 2.37 bits per heavy atom. The van der Waals surface area contributed by atoms with Crippen LogP contribution in [0.15, 0.2) is 60.7 Å². The number of nitrogens with two attached hydrogens (primary N) is 1. The molecule has 41 heavy (non-hydrogen) atoms. The first-order valence-corrected chi connectivity index (χ1v) is 14.4. The molecule has 0 aromatic heterocycles. The third kappa shape index (κ3) is 6.92. The molecule has 3 aromatic rings. The van der Waals surface area contributed by atoms with Crippen LogP contribution in [0, 0.1) is 17.0 Å². The molecule has 1 fully saturated rings. The highest BCUT2D eigenvalue weighted by Gasteiger charge is 2.58. The van der Waals surface area contributed by atoms with Crippen LogP contribution in [0.2, 0.25) is 10.0 Å². The molecule has 220 valence electrons. The van der Waals surface area contributed by atoms with Gasteiger partial charge in [0.2, 0.25) is 5.91 Å². The van der Waals surface area contributed by atoms with E-state index in [4.69, 9.17) is 28.9 Å². The van der Waals surface area contributed by atoms with E-state index < -0.39 is 41.1 Å². The molecule has 4 atom stereocenters. The van der Waals surface area contributed by atoms with E-state index in [1.54, 1.807) is 18.2 Å². The highest BCUT2D eigenvalue weighted by molar-refractivity contribution is 6.31. The van der Waals surface area contributed by atoms with E-state index in [0.717, 1.165) is 18.5 Å². The Morgan fingerprint density at radius 1 is 1.07 bits per heavy atom. The summed E-state index contributed by atoms with van der Waals surface area (Å²) in [6, 6.07) is 14.9. The normalized spacial score (nSPS) is 22.8. The summed E-state index contributed by atoms with van der Waals surface area (Å²) in [5, 5.41) is 6.46. The first kappa shape index (κ1) is 31.4. The lowest BCUT2D eigenvalue weighted by molar-refractivity contribution is -0.118. The Kier molecular flexibility index (Phi) is 9.46. The Bertz CT molecular complexity index is 1390. The fraction of sp³-hybridized carbons (Fsp3) is 0.406. The van der Waals surface area contributed by atoms with Crippen LogP contribution in [-0.2, 0) is 16.8 Å². The van der Waals surface area contributed by atoms with Crippen molar-refractivity contribution in [2.24, 2.45) is 11.1 Å². The number of amides is 1. The third-order valence-corrected chi connectivity index (χ3v) is 8.21. The second-order valence-corrected chi connectivity index (χ2v) is 13.2. The largest absolute Gasteiger partial charge is 0.325 e. The standard InChI is InChI=1S/C32H38Cl2F2N4O/c1-31(2,3)18-26-32(37,23-14-11-20(33)17-25(23)35)27(22-7-6-8-24(34)28(22)36)29(39-26)30(41)38-21-12-9-19(10-13-21)15-16-40(4)5/h6-14,17,26-27,29,39H,15-16,18,37H2,1-5H3,(H,38,41). The minimum Gasteiger partial charge on any atom is -0.325 e. The molecule has 0 bridgehead atoms. The maximum absolute atomic E-state index is 15.7. The average Bonchev–Trinajstić information content (AvgIpc) is 3.16. The van der Waals surface area contributed by atoms with Gasteiger partial charge in [-0.3, -0.25) is 4.79 Å². The summed E-state index contributed by atoms with van der Waals surface area (Å²) >= 11 is 12.3. The van der Waals surface area contributed by atoms with Crippen molar-refractivity contribution in [3.8, 4) is 0 Å². The number of nitrogens with one attached hydrogen (secondary N) is 2. The number of carbonyl (C=O) groups excluding carboxylic acids is 1. The lowest BCUT2D eigenvalue weighted by Gasteiger charge is -2.40. The number of anilines is 1. The van der Waals surface area contributed by atoms with E-state index in [9.17, 15) is 4.79 Å². The zero-order valence-corrected chi connectivity index (χ0v) is 25.6. The van der Waals surface area contributed by atoms with Gasteiger partial charge >= 0.3 is 0 Å². The average molecular weight is 604 g/mol. The van der Waals surface area contributed by atoms with Gasteiger partial charge in [0.05, 0.1) is 16.6 Å². The molecular weight excluding hydrogens is 565 g/mol. The Balaban J connectivity index is 1.79. The molecule has 1 heterocycles. The lowest BCUT2D eigenvalue weighted by atomic mass is 9.68. The van der Waals surface area contributed by atoms with E-state index in [1.165, 1.54) is 18.2 Å². The van der Waals surface area contributed by atoms with E-state index in [0.29, 0.717) is 12.1 Å². The lowest BCUT2D eigenvalue weighted by Crippen LogP contribution is -2.52. The molecule has 5 nitrogen and oxygen atoms in total. The first-order valence-electron chi connectivity index (χ1n) is 13.7. The van der Waals surface area contributed by atoms with E-state index >= 15 is 8.78 Å². The van der Waals surface area contributed by atoms with Crippen LogP contribution < -0.4 is 16.4 Å². The molecule has 0 aliphatic carbocycles. The van der Waals surface area contributed by atoms with Gasteiger partial charge in [0, 0.05) is 34.8 Å². The van der Waals surface area contributed by atoms with Crippen LogP contribution >= 0.6 is 23.2 Å². The van der Waals surface area contributed by atoms with Crippen LogP contribution in [0.1, 0.15) is 49.8 Å². The second-order valence-electron chi connectivity index (χ2n) is 12.4. The number of rotatable bonds is 8. The van der Waals surface area contributed by atoms with Crippen molar-refractivity contribution in [2.45, 2.75) is 57.2 Å². The van der Waals surface area contributed by atoms with Crippen molar-refractivity contribution in [2.75, 3.05) is 26.0 Å². The van der Waals surface area contributed by atoms with Crippen molar-refractivity contribution in [3.05, 3.63) is 99.0 Å². The van der Waals surface area contributed by atoms with Crippen LogP contribution in [0.3, 0.4) is 0 Å². The summed E-state index contributed by atoms with van der Waals surface area (Å²) in [7, 11) is 4.03.